The third-order valence-electron chi connectivity index (χ3n) is 9.38. The first-order valence-electron chi connectivity index (χ1n) is 16.2. The zero-order chi connectivity index (χ0) is 36.2. The molecular weight excluding hydrogens is 701 g/mol. The molecule has 1 aromatic carbocycles. The van der Waals surface area contributed by atoms with Crippen molar-refractivity contribution in [2.45, 2.75) is 63.8 Å². The zero-order valence-electron chi connectivity index (χ0n) is 27.6. The Balaban J connectivity index is 0.000000389. The summed E-state index contributed by atoms with van der Waals surface area (Å²) in [5.74, 6) is -1.55. The Morgan fingerprint density at radius 3 is 2.75 bits per heavy atom. The number of aromatic amines is 1. The fourth-order valence-corrected chi connectivity index (χ4v) is 7.40. The van der Waals surface area contributed by atoms with Gasteiger partial charge in [0.15, 0.2) is 11.6 Å². The third kappa shape index (κ3) is 6.48. The van der Waals surface area contributed by atoms with Gasteiger partial charge in [0.2, 0.25) is 5.88 Å². The number of nitrogens with one attached hydrogen (secondary N) is 1. The number of aromatic nitrogens is 6. The average molecular weight is 734 g/mol. The lowest BCUT2D eigenvalue weighted by Gasteiger charge is -2.34. The Hall–Kier alpha value is -4.77. The highest BCUT2D eigenvalue weighted by atomic mass is 35.5. The topological polar surface area (TPSA) is 140 Å². The van der Waals surface area contributed by atoms with Crippen molar-refractivity contribution in [3.8, 4) is 28.9 Å². The molecule has 3 aliphatic rings. The fraction of sp³-hybridized carbons (Fsp3) is 0.424. The minimum Gasteiger partial charge on any atom is -0.475 e. The maximum absolute atomic E-state index is 16.6. The standard InChI is InChI=1S/C26H21ClF4N8O3.C7H12FN/c1-10-9-41-24-17-20(36-25(40-3)37-23(17)39(10)11(2)12-5-4-6-33-22(12)32)18(28)19(35-24)16-13-8-34-38-15(13)7-14(27)21(16)42-26(29,30)31;8-6-4-7-2-1-3-9(7)5-6/h4-8,10-11H,9H2,1-3H3,(H2,32,33)(H,34,38);6-7H,1-5H2/t10-,11?;/m0./s1. The molecule has 0 aliphatic carbocycles. The largest absolute Gasteiger partial charge is 0.573 e. The number of benzene rings is 1. The van der Waals surface area contributed by atoms with Crippen LogP contribution in [0.25, 0.3) is 33.1 Å². The molecule has 3 N–H and O–H groups in total. The van der Waals surface area contributed by atoms with Crippen LogP contribution in [0.2, 0.25) is 5.02 Å². The number of nitrogen functional groups attached to an aromatic ring is 1. The number of pyridine rings is 2. The van der Waals surface area contributed by atoms with E-state index in [1.54, 1.807) is 18.3 Å². The smallest absolute Gasteiger partial charge is 0.475 e. The first kappa shape index (κ1) is 34.7. The molecule has 7 heterocycles. The summed E-state index contributed by atoms with van der Waals surface area (Å²) in [5, 5.41) is 6.20. The van der Waals surface area contributed by atoms with Gasteiger partial charge in [-0.25, -0.2) is 18.7 Å². The van der Waals surface area contributed by atoms with E-state index in [1.165, 1.54) is 32.2 Å². The molecule has 18 heteroatoms. The van der Waals surface area contributed by atoms with Crippen molar-refractivity contribution >= 4 is 45.0 Å². The Bertz CT molecular complexity index is 2090. The fourth-order valence-electron chi connectivity index (χ4n) is 7.16. The van der Waals surface area contributed by atoms with E-state index in [-0.39, 0.29) is 52.2 Å². The van der Waals surface area contributed by atoms with Crippen LogP contribution in [0.5, 0.6) is 17.6 Å². The maximum Gasteiger partial charge on any atom is 0.573 e. The molecule has 2 saturated heterocycles. The molecule has 0 amide bonds. The number of rotatable bonds is 5. The van der Waals surface area contributed by atoms with E-state index in [1.807, 2.05) is 18.7 Å². The van der Waals surface area contributed by atoms with Gasteiger partial charge in [-0.2, -0.15) is 15.1 Å². The number of halogens is 6. The molecule has 4 aromatic heterocycles. The Morgan fingerprint density at radius 2 is 2.02 bits per heavy atom. The number of alkyl halides is 4. The number of hydrogen-bond acceptors (Lipinski definition) is 11. The summed E-state index contributed by atoms with van der Waals surface area (Å²) >= 11 is 6.20. The van der Waals surface area contributed by atoms with E-state index in [9.17, 15) is 17.6 Å². The molecule has 3 aliphatic heterocycles. The van der Waals surface area contributed by atoms with Crippen molar-refractivity contribution in [3.05, 3.63) is 47.0 Å². The molecule has 0 radical (unpaired) electrons. The lowest BCUT2D eigenvalue weighted by molar-refractivity contribution is -0.274. The molecular formula is C33H33ClF5N9O3. The Kier molecular flexibility index (Phi) is 9.12. The second kappa shape index (κ2) is 13.4. The number of fused-ring (bicyclic) bond motifs is 2. The third-order valence-corrected chi connectivity index (χ3v) is 9.66. The first-order chi connectivity index (χ1) is 24.3. The summed E-state index contributed by atoms with van der Waals surface area (Å²) in [6.45, 7) is 5.62. The van der Waals surface area contributed by atoms with Gasteiger partial charge >= 0.3 is 12.4 Å². The van der Waals surface area contributed by atoms with Crippen molar-refractivity contribution in [1.82, 2.24) is 35.0 Å². The summed E-state index contributed by atoms with van der Waals surface area (Å²) in [5.41, 5.74) is 5.81. The molecule has 270 valence electrons. The monoisotopic (exact) mass is 733 g/mol. The van der Waals surface area contributed by atoms with Crippen molar-refractivity contribution in [2.75, 3.05) is 37.4 Å². The van der Waals surface area contributed by atoms with Crippen LogP contribution in [-0.4, -0.2) is 86.5 Å². The second-order valence-electron chi connectivity index (χ2n) is 12.6. The minimum atomic E-state index is -5.15. The normalized spacial score (nSPS) is 20.8. The summed E-state index contributed by atoms with van der Waals surface area (Å²) in [6.07, 6.45) is 0.438. The quantitative estimate of drug-likeness (QED) is 0.185. The number of ether oxygens (including phenoxy) is 3. The predicted molar refractivity (Wildman–Crippen MR) is 179 cm³/mol. The molecule has 0 saturated carbocycles. The van der Waals surface area contributed by atoms with E-state index in [4.69, 9.17) is 26.8 Å². The number of H-pyrrole nitrogens is 1. The molecule has 5 aromatic rings. The van der Waals surface area contributed by atoms with Gasteiger partial charge in [0.05, 0.1) is 41.5 Å². The maximum atomic E-state index is 16.6. The van der Waals surface area contributed by atoms with Crippen LogP contribution in [0.15, 0.2) is 30.6 Å². The van der Waals surface area contributed by atoms with Gasteiger partial charge in [-0.05, 0) is 51.8 Å². The molecule has 12 nitrogen and oxygen atoms in total. The lowest BCUT2D eigenvalue weighted by atomic mass is 10.0. The lowest BCUT2D eigenvalue weighted by Crippen LogP contribution is -2.39. The molecule has 4 atom stereocenters. The van der Waals surface area contributed by atoms with E-state index < -0.39 is 46.4 Å². The SMILES string of the molecule is COc1nc2c3c(nc(-c4c(OC(F)(F)F)c(Cl)cc5[nH]ncc45)c(F)c3n1)OC[C@H](C)N2C(C)c1cccnc1N.FC1CC2CCCN2C1. The highest BCUT2D eigenvalue weighted by Gasteiger charge is 2.38. The molecule has 8 rings (SSSR count). The molecule has 0 bridgehead atoms. The average Bonchev–Trinajstić information content (AvgIpc) is 3.79. The summed E-state index contributed by atoms with van der Waals surface area (Å²) < 4.78 is 85.3. The summed E-state index contributed by atoms with van der Waals surface area (Å²) in [4.78, 5) is 21.4. The highest BCUT2D eigenvalue weighted by molar-refractivity contribution is 6.33. The predicted octanol–water partition coefficient (Wildman–Crippen LogP) is 6.79. The van der Waals surface area contributed by atoms with Gasteiger partial charge in [-0.3, -0.25) is 10.00 Å². The van der Waals surface area contributed by atoms with Gasteiger partial charge in [0.1, 0.15) is 41.0 Å². The number of nitrogens with zero attached hydrogens (tertiary/aromatic N) is 7. The van der Waals surface area contributed by atoms with Crippen molar-refractivity contribution in [2.24, 2.45) is 0 Å². The van der Waals surface area contributed by atoms with Crippen molar-refractivity contribution < 1.29 is 36.2 Å². The molecule has 51 heavy (non-hydrogen) atoms. The van der Waals surface area contributed by atoms with Gasteiger partial charge < -0.3 is 24.8 Å². The van der Waals surface area contributed by atoms with Crippen LogP contribution >= 0.6 is 11.6 Å². The number of anilines is 2. The Morgan fingerprint density at radius 1 is 1.22 bits per heavy atom. The van der Waals surface area contributed by atoms with Gasteiger partial charge in [0.25, 0.3) is 0 Å². The Labute approximate surface area is 293 Å². The van der Waals surface area contributed by atoms with Crippen LogP contribution in [0, 0.1) is 5.82 Å². The van der Waals surface area contributed by atoms with E-state index >= 15 is 4.39 Å². The zero-order valence-corrected chi connectivity index (χ0v) is 28.4. The number of methoxy groups -OCH3 is 1. The van der Waals surface area contributed by atoms with Crippen LogP contribution < -0.4 is 24.8 Å². The van der Waals surface area contributed by atoms with Crippen LogP contribution in [0.1, 0.15) is 44.7 Å². The molecule has 0 spiro atoms. The second-order valence-corrected chi connectivity index (χ2v) is 13.0. The summed E-state index contributed by atoms with van der Waals surface area (Å²) in [6, 6.07) is 4.34. The van der Waals surface area contributed by atoms with Gasteiger partial charge in [-0.15, -0.1) is 13.2 Å². The summed E-state index contributed by atoms with van der Waals surface area (Å²) in [7, 11) is 1.31. The van der Waals surface area contributed by atoms with Crippen LogP contribution in [0.4, 0.5) is 33.6 Å². The van der Waals surface area contributed by atoms with E-state index in [0.717, 1.165) is 13.0 Å². The van der Waals surface area contributed by atoms with E-state index in [0.29, 0.717) is 24.0 Å². The van der Waals surface area contributed by atoms with Crippen LogP contribution in [0.3, 0.4) is 0 Å². The minimum absolute atomic E-state index is 0.0406. The number of nitrogens with two attached hydrogens (primary N) is 1. The van der Waals surface area contributed by atoms with Gasteiger partial charge in [-0.1, -0.05) is 17.7 Å². The molecule has 3 unspecified atom stereocenters. The van der Waals surface area contributed by atoms with Gasteiger partial charge in [0, 0.05) is 29.7 Å². The molecule has 2 fully saturated rings. The van der Waals surface area contributed by atoms with Crippen LogP contribution in [-0.2, 0) is 0 Å². The highest BCUT2D eigenvalue weighted by Crippen LogP contribution is 2.48. The first-order valence-corrected chi connectivity index (χ1v) is 16.6. The van der Waals surface area contributed by atoms with Crippen molar-refractivity contribution in [1.29, 1.82) is 0 Å². The van der Waals surface area contributed by atoms with E-state index in [2.05, 4.69) is 39.8 Å². The van der Waals surface area contributed by atoms with Crippen molar-refractivity contribution in [3.63, 3.8) is 0 Å². The number of hydrogen-bond donors (Lipinski definition) is 2.